The molecule has 0 unspecified atom stereocenters. The standard InChI is InChI=1S/C14H20OS/c1-3-4-10-13-14(15-13)11(2)16-12-8-6-5-7-9-12/h5-9,11,13-14H,3-4,10H2,1-2H3/t11-,13+,14+/m1/s1. The minimum atomic E-state index is 0.483. The van der Waals surface area contributed by atoms with E-state index in [-0.39, 0.29) is 0 Å². The zero-order valence-corrected chi connectivity index (χ0v) is 10.9. The average molecular weight is 236 g/mol. The van der Waals surface area contributed by atoms with E-state index < -0.39 is 0 Å². The van der Waals surface area contributed by atoms with Crippen LogP contribution in [0.4, 0.5) is 0 Å². The third-order valence-electron chi connectivity index (χ3n) is 2.99. The summed E-state index contributed by atoms with van der Waals surface area (Å²) in [6, 6.07) is 10.6. The molecule has 3 atom stereocenters. The number of hydrogen-bond donors (Lipinski definition) is 0. The summed E-state index contributed by atoms with van der Waals surface area (Å²) in [6.07, 6.45) is 4.82. The molecular weight excluding hydrogens is 216 g/mol. The lowest BCUT2D eigenvalue weighted by atomic mass is 10.1. The fraction of sp³-hybridized carbons (Fsp3) is 0.571. The van der Waals surface area contributed by atoms with E-state index in [0.717, 1.165) is 0 Å². The third-order valence-corrected chi connectivity index (χ3v) is 4.18. The van der Waals surface area contributed by atoms with Crippen LogP contribution in [0.15, 0.2) is 35.2 Å². The maximum Gasteiger partial charge on any atom is 0.0960 e. The van der Waals surface area contributed by atoms with Crippen molar-refractivity contribution in [1.29, 1.82) is 0 Å². The first kappa shape index (κ1) is 12.0. The van der Waals surface area contributed by atoms with Crippen LogP contribution in [0.3, 0.4) is 0 Å². The summed E-state index contributed by atoms with van der Waals surface area (Å²) < 4.78 is 5.73. The van der Waals surface area contributed by atoms with Crippen LogP contribution >= 0.6 is 11.8 Å². The lowest BCUT2D eigenvalue weighted by Crippen LogP contribution is -2.08. The second-order valence-electron chi connectivity index (χ2n) is 4.42. The van der Waals surface area contributed by atoms with Crippen molar-refractivity contribution in [2.75, 3.05) is 0 Å². The fourth-order valence-corrected chi connectivity index (χ4v) is 3.10. The minimum absolute atomic E-state index is 0.483. The van der Waals surface area contributed by atoms with Crippen molar-refractivity contribution >= 4 is 11.8 Å². The van der Waals surface area contributed by atoms with Crippen LogP contribution in [-0.4, -0.2) is 17.5 Å². The van der Waals surface area contributed by atoms with Gasteiger partial charge in [0.05, 0.1) is 12.2 Å². The molecule has 1 saturated heterocycles. The lowest BCUT2D eigenvalue weighted by Gasteiger charge is -2.07. The molecule has 88 valence electrons. The minimum Gasteiger partial charge on any atom is -0.368 e. The Bertz CT molecular complexity index is 312. The highest BCUT2D eigenvalue weighted by molar-refractivity contribution is 8.00. The molecule has 1 aliphatic heterocycles. The van der Waals surface area contributed by atoms with Crippen LogP contribution < -0.4 is 0 Å². The van der Waals surface area contributed by atoms with Crippen molar-refractivity contribution in [2.45, 2.75) is 55.5 Å². The molecule has 0 bridgehead atoms. The van der Waals surface area contributed by atoms with Crippen molar-refractivity contribution in [2.24, 2.45) is 0 Å². The number of hydrogen-bond acceptors (Lipinski definition) is 2. The summed E-state index contributed by atoms with van der Waals surface area (Å²) in [6.45, 7) is 4.51. The molecule has 0 amide bonds. The Morgan fingerprint density at radius 1 is 1.31 bits per heavy atom. The Hall–Kier alpha value is -0.470. The van der Waals surface area contributed by atoms with E-state index in [1.54, 1.807) is 0 Å². The summed E-state index contributed by atoms with van der Waals surface area (Å²) in [5.41, 5.74) is 0. The van der Waals surface area contributed by atoms with Crippen LogP contribution in [0.2, 0.25) is 0 Å². The smallest absolute Gasteiger partial charge is 0.0960 e. The van der Waals surface area contributed by atoms with Gasteiger partial charge in [0, 0.05) is 10.1 Å². The van der Waals surface area contributed by atoms with Crippen LogP contribution in [0.1, 0.15) is 33.1 Å². The molecule has 0 aliphatic carbocycles. The van der Waals surface area contributed by atoms with Gasteiger partial charge in [-0.1, -0.05) is 44.9 Å². The molecular formula is C14H20OS. The van der Waals surface area contributed by atoms with Crippen molar-refractivity contribution in [3.8, 4) is 0 Å². The number of ether oxygens (including phenoxy) is 1. The zero-order chi connectivity index (χ0) is 11.4. The van der Waals surface area contributed by atoms with E-state index in [0.29, 0.717) is 17.5 Å². The van der Waals surface area contributed by atoms with E-state index in [2.05, 4.69) is 44.2 Å². The van der Waals surface area contributed by atoms with Gasteiger partial charge in [0.1, 0.15) is 0 Å². The number of rotatable bonds is 6. The molecule has 2 rings (SSSR count). The van der Waals surface area contributed by atoms with Gasteiger partial charge in [-0.25, -0.2) is 0 Å². The Labute approximate surface area is 103 Å². The summed E-state index contributed by atoms with van der Waals surface area (Å²) >= 11 is 1.93. The first-order chi connectivity index (χ1) is 7.81. The normalized spacial score (nSPS) is 25.4. The summed E-state index contributed by atoms with van der Waals surface area (Å²) in [7, 11) is 0. The first-order valence-corrected chi connectivity index (χ1v) is 7.06. The molecule has 1 fully saturated rings. The van der Waals surface area contributed by atoms with Crippen LogP contribution in [0.25, 0.3) is 0 Å². The molecule has 1 aromatic carbocycles. The SMILES string of the molecule is CCCC[C@@H]1O[C@H]1[C@@H](C)Sc1ccccc1. The predicted molar refractivity (Wildman–Crippen MR) is 69.9 cm³/mol. The van der Waals surface area contributed by atoms with Gasteiger partial charge >= 0.3 is 0 Å². The third kappa shape index (κ3) is 3.26. The van der Waals surface area contributed by atoms with Gasteiger partial charge in [0.15, 0.2) is 0 Å². The topological polar surface area (TPSA) is 12.5 Å². The van der Waals surface area contributed by atoms with Gasteiger partial charge in [-0.2, -0.15) is 0 Å². The molecule has 1 aliphatic rings. The van der Waals surface area contributed by atoms with Crippen LogP contribution in [-0.2, 0) is 4.74 Å². The first-order valence-electron chi connectivity index (χ1n) is 6.18. The molecule has 16 heavy (non-hydrogen) atoms. The maximum atomic E-state index is 5.73. The van der Waals surface area contributed by atoms with Gasteiger partial charge < -0.3 is 4.74 Å². The highest BCUT2D eigenvalue weighted by atomic mass is 32.2. The van der Waals surface area contributed by atoms with Crippen molar-refractivity contribution < 1.29 is 4.74 Å². The Morgan fingerprint density at radius 2 is 2.06 bits per heavy atom. The molecule has 1 heterocycles. The van der Waals surface area contributed by atoms with E-state index in [4.69, 9.17) is 4.74 Å². The number of unbranched alkanes of at least 4 members (excludes halogenated alkanes) is 1. The number of epoxide rings is 1. The Kier molecular flexibility index (Phi) is 4.30. The predicted octanol–water partition coefficient (Wildman–Crippen LogP) is 4.12. The Balaban J connectivity index is 1.76. The molecule has 0 N–H and O–H groups in total. The van der Waals surface area contributed by atoms with Gasteiger partial charge in [0.25, 0.3) is 0 Å². The second kappa shape index (κ2) is 5.74. The molecule has 1 aromatic rings. The van der Waals surface area contributed by atoms with Gasteiger partial charge in [-0.05, 0) is 18.6 Å². The Morgan fingerprint density at radius 3 is 2.75 bits per heavy atom. The highest BCUT2D eigenvalue weighted by Gasteiger charge is 2.42. The highest BCUT2D eigenvalue weighted by Crippen LogP contribution is 2.38. The molecule has 0 radical (unpaired) electrons. The van der Waals surface area contributed by atoms with E-state index in [9.17, 15) is 0 Å². The number of benzene rings is 1. The number of thioether (sulfide) groups is 1. The lowest BCUT2D eigenvalue weighted by molar-refractivity contribution is 0.359. The molecule has 0 spiro atoms. The van der Waals surface area contributed by atoms with Gasteiger partial charge in [-0.15, -0.1) is 11.8 Å². The largest absolute Gasteiger partial charge is 0.368 e. The fourth-order valence-electron chi connectivity index (χ4n) is 1.99. The quantitative estimate of drug-likeness (QED) is 0.544. The van der Waals surface area contributed by atoms with Gasteiger partial charge in [0.2, 0.25) is 0 Å². The zero-order valence-electron chi connectivity index (χ0n) is 10.1. The monoisotopic (exact) mass is 236 g/mol. The van der Waals surface area contributed by atoms with E-state index in [1.807, 2.05) is 11.8 Å². The van der Waals surface area contributed by atoms with Crippen LogP contribution in [0.5, 0.6) is 0 Å². The summed E-state index contributed by atoms with van der Waals surface area (Å²) in [5, 5.41) is 0.573. The average Bonchev–Trinajstić information content (AvgIpc) is 3.07. The van der Waals surface area contributed by atoms with Crippen molar-refractivity contribution in [3.63, 3.8) is 0 Å². The maximum absolute atomic E-state index is 5.73. The van der Waals surface area contributed by atoms with E-state index in [1.165, 1.54) is 24.2 Å². The van der Waals surface area contributed by atoms with E-state index >= 15 is 0 Å². The molecule has 2 heteroatoms. The molecule has 0 saturated carbocycles. The van der Waals surface area contributed by atoms with Crippen molar-refractivity contribution in [1.82, 2.24) is 0 Å². The molecule has 0 aromatic heterocycles. The van der Waals surface area contributed by atoms with Gasteiger partial charge in [-0.3, -0.25) is 0 Å². The molecule has 1 nitrogen and oxygen atoms in total. The summed E-state index contributed by atoms with van der Waals surface area (Å²) in [5.74, 6) is 0. The van der Waals surface area contributed by atoms with Crippen LogP contribution in [0, 0.1) is 0 Å². The second-order valence-corrected chi connectivity index (χ2v) is 5.87. The summed E-state index contributed by atoms with van der Waals surface area (Å²) in [4.78, 5) is 1.35. The van der Waals surface area contributed by atoms with Crippen molar-refractivity contribution in [3.05, 3.63) is 30.3 Å².